The van der Waals surface area contributed by atoms with Crippen molar-refractivity contribution in [2.75, 3.05) is 40.0 Å². The highest BCUT2D eigenvalue weighted by molar-refractivity contribution is 7.09. The van der Waals surface area contributed by atoms with Gasteiger partial charge in [0.05, 0.1) is 26.4 Å². The molecule has 0 amide bonds. The second-order valence-electron chi connectivity index (χ2n) is 5.56. The highest BCUT2D eigenvalue weighted by Crippen LogP contribution is 2.41. The van der Waals surface area contributed by atoms with Crippen LogP contribution in [0.25, 0.3) is 0 Å². The highest BCUT2D eigenvalue weighted by atomic mass is 32.1. The molecule has 3 rings (SSSR count). The summed E-state index contributed by atoms with van der Waals surface area (Å²) in [6.45, 7) is 7.76. The van der Waals surface area contributed by atoms with E-state index >= 15 is 0 Å². The van der Waals surface area contributed by atoms with Crippen molar-refractivity contribution in [3.8, 4) is 0 Å². The largest absolute Gasteiger partial charge is 0.384 e. The number of ether oxygens (including phenoxy) is 2. The van der Waals surface area contributed by atoms with E-state index < -0.39 is 0 Å². The number of methoxy groups -OCH3 is 1. The van der Waals surface area contributed by atoms with Gasteiger partial charge >= 0.3 is 0 Å². The molecule has 0 aromatic carbocycles. The SMILES string of the molecule is COC[C@@]12COC[C@@H]1CN(Cc1nc(C)cs1)C2. The number of likely N-dealkylation sites (tertiary alicyclic amines) is 1. The lowest BCUT2D eigenvalue weighted by atomic mass is 9.82. The van der Waals surface area contributed by atoms with Crippen molar-refractivity contribution in [2.45, 2.75) is 13.5 Å². The van der Waals surface area contributed by atoms with E-state index in [-0.39, 0.29) is 5.41 Å². The van der Waals surface area contributed by atoms with Gasteiger partial charge in [-0.1, -0.05) is 0 Å². The van der Waals surface area contributed by atoms with E-state index in [1.807, 2.05) is 0 Å². The smallest absolute Gasteiger partial charge is 0.107 e. The standard InChI is InChI=1S/C13H20N2O2S/c1-10-6-18-12(14-10)4-15-3-11-5-17-9-13(11,7-15)8-16-2/h6,11H,3-5,7-9H2,1-2H3/t11-,13-/m0/s1. The first-order valence-electron chi connectivity index (χ1n) is 6.42. The van der Waals surface area contributed by atoms with Crippen LogP contribution in [0.3, 0.4) is 0 Å². The van der Waals surface area contributed by atoms with Gasteiger partial charge < -0.3 is 9.47 Å². The van der Waals surface area contributed by atoms with Gasteiger partial charge in [-0.15, -0.1) is 11.3 Å². The Bertz CT molecular complexity index is 423. The maximum Gasteiger partial charge on any atom is 0.107 e. The summed E-state index contributed by atoms with van der Waals surface area (Å²) >= 11 is 1.76. The third kappa shape index (κ3) is 2.20. The fourth-order valence-corrected chi connectivity index (χ4v) is 4.03. The fourth-order valence-electron chi connectivity index (χ4n) is 3.22. The van der Waals surface area contributed by atoms with Gasteiger partial charge in [0.15, 0.2) is 0 Å². The second-order valence-corrected chi connectivity index (χ2v) is 6.50. The fraction of sp³-hybridized carbons (Fsp3) is 0.769. The summed E-state index contributed by atoms with van der Waals surface area (Å²) in [5.74, 6) is 0.624. The van der Waals surface area contributed by atoms with Gasteiger partial charge in [0.2, 0.25) is 0 Å². The van der Waals surface area contributed by atoms with Crippen LogP contribution >= 0.6 is 11.3 Å². The molecular weight excluding hydrogens is 248 g/mol. The Kier molecular flexibility index (Phi) is 3.40. The predicted molar refractivity (Wildman–Crippen MR) is 70.7 cm³/mol. The van der Waals surface area contributed by atoms with Crippen LogP contribution in [0, 0.1) is 18.3 Å². The quantitative estimate of drug-likeness (QED) is 0.830. The number of rotatable bonds is 4. The van der Waals surface area contributed by atoms with Crippen molar-refractivity contribution < 1.29 is 9.47 Å². The van der Waals surface area contributed by atoms with Crippen molar-refractivity contribution in [2.24, 2.45) is 11.3 Å². The van der Waals surface area contributed by atoms with Crippen molar-refractivity contribution in [3.63, 3.8) is 0 Å². The van der Waals surface area contributed by atoms with Gasteiger partial charge in [-0.3, -0.25) is 4.90 Å². The highest BCUT2D eigenvalue weighted by Gasteiger charge is 2.50. The van der Waals surface area contributed by atoms with E-state index in [4.69, 9.17) is 9.47 Å². The van der Waals surface area contributed by atoms with E-state index in [2.05, 4.69) is 22.2 Å². The minimum absolute atomic E-state index is 0.223. The molecule has 1 aromatic heterocycles. The van der Waals surface area contributed by atoms with E-state index in [9.17, 15) is 0 Å². The van der Waals surface area contributed by atoms with Gasteiger partial charge in [0.25, 0.3) is 0 Å². The molecule has 2 fully saturated rings. The van der Waals surface area contributed by atoms with Gasteiger partial charge in [-0.25, -0.2) is 4.98 Å². The molecule has 0 bridgehead atoms. The predicted octanol–water partition coefficient (Wildman–Crippen LogP) is 1.55. The Balaban J connectivity index is 1.67. The molecule has 4 nitrogen and oxygen atoms in total. The van der Waals surface area contributed by atoms with Crippen molar-refractivity contribution in [1.82, 2.24) is 9.88 Å². The van der Waals surface area contributed by atoms with Crippen LogP contribution in [0.4, 0.5) is 0 Å². The number of hydrogen-bond acceptors (Lipinski definition) is 5. The van der Waals surface area contributed by atoms with Crippen LogP contribution in [0.5, 0.6) is 0 Å². The normalized spacial score (nSPS) is 32.0. The van der Waals surface area contributed by atoms with Crippen LogP contribution in [0.2, 0.25) is 0 Å². The molecule has 100 valence electrons. The van der Waals surface area contributed by atoms with Gasteiger partial charge in [-0.05, 0) is 6.92 Å². The van der Waals surface area contributed by atoms with Gasteiger partial charge in [0.1, 0.15) is 5.01 Å². The first-order chi connectivity index (χ1) is 8.72. The van der Waals surface area contributed by atoms with E-state index in [1.54, 1.807) is 18.4 Å². The van der Waals surface area contributed by atoms with E-state index in [0.29, 0.717) is 5.92 Å². The number of aromatic nitrogens is 1. The third-order valence-corrected chi connectivity index (χ3v) is 5.00. The molecule has 0 radical (unpaired) electrons. The topological polar surface area (TPSA) is 34.6 Å². The summed E-state index contributed by atoms with van der Waals surface area (Å²) in [7, 11) is 1.79. The first-order valence-corrected chi connectivity index (χ1v) is 7.30. The lowest BCUT2D eigenvalue weighted by Crippen LogP contribution is -2.35. The molecule has 18 heavy (non-hydrogen) atoms. The van der Waals surface area contributed by atoms with Crippen LogP contribution in [0.15, 0.2) is 5.38 Å². The van der Waals surface area contributed by atoms with E-state index in [0.717, 1.165) is 45.1 Å². The van der Waals surface area contributed by atoms with Gasteiger partial charge in [-0.2, -0.15) is 0 Å². The monoisotopic (exact) mass is 268 g/mol. The molecule has 0 N–H and O–H groups in total. The van der Waals surface area contributed by atoms with Crippen molar-refractivity contribution >= 4 is 11.3 Å². The van der Waals surface area contributed by atoms with E-state index in [1.165, 1.54) is 5.01 Å². The summed E-state index contributed by atoms with van der Waals surface area (Å²) in [6.07, 6.45) is 0. The number of thiazole rings is 1. The molecule has 1 aromatic rings. The Morgan fingerprint density at radius 3 is 3.28 bits per heavy atom. The van der Waals surface area contributed by atoms with Crippen LogP contribution in [0.1, 0.15) is 10.7 Å². The Morgan fingerprint density at radius 1 is 1.67 bits per heavy atom. The molecule has 0 spiro atoms. The minimum atomic E-state index is 0.223. The summed E-state index contributed by atoms with van der Waals surface area (Å²) < 4.78 is 11.1. The zero-order valence-electron chi connectivity index (χ0n) is 11.0. The maximum atomic E-state index is 5.65. The summed E-state index contributed by atoms with van der Waals surface area (Å²) in [5, 5.41) is 3.35. The van der Waals surface area contributed by atoms with Crippen molar-refractivity contribution in [3.05, 3.63) is 16.1 Å². The lowest BCUT2D eigenvalue weighted by molar-refractivity contribution is 0.0533. The average molecular weight is 268 g/mol. The molecule has 5 heteroatoms. The number of hydrogen-bond donors (Lipinski definition) is 0. The molecule has 2 aliphatic rings. The number of fused-ring (bicyclic) bond motifs is 1. The summed E-state index contributed by atoms with van der Waals surface area (Å²) in [6, 6.07) is 0. The van der Waals surface area contributed by atoms with Crippen molar-refractivity contribution in [1.29, 1.82) is 0 Å². The molecule has 2 saturated heterocycles. The number of aryl methyl sites for hydroxylation is 1. The number of nitrogens with zero attached hydrogens (tertiary/aromatic N) is 2. The Labute approximate surface area is 112 Å². The molecule has 0 aliphatic carbocycles. The minimum Gasteiger partial charge on any atom is -0.384 e. The van der Waals surface area contributed by atoms with Crippen LogP contribution < -0.4 is 0 Å². The molecule has 2 aliphatic heterocycles. The molecule has 0 unspecified atom stereocenters. The zero-order chi connectivity index (χ0) is 12.6. The Morgan fingerprint density at radius 2 is 2.56 bits per heavy atom. The molecule has 2 atom stereocenters. The summed E-state index contributed by atoms with van der Waals surface area (Å²) in [4.78, 5) is 7.06. The molecular formula is C13H20N2O2S. The Hall–Kier alpha value is -0.490. The van der Waals surface area contributed by atoms with Gasteiger partial charge in [0, 0.05) is 42.6 Å². The second kappa shape index (κ2) is 4.89. The third-order valence-electron chi connectivity index (χ3n) is 4.05. The molecule has 3 heterocycles. The van der Waals surface area contributed by atoms with Crippen LogP contribution in [-0.2, 0) is 16.0 Å². The first kappa shape index (κ1) is 12.5. The lowest BCUT2D eigenvalue weighted by Gasteiger charge is -2.25. The average Bonchev–Trinajstić information content (AvgIpc) is 2.94. The maximum absolute atomic E-state index is 5.65. The zero-order valence-corrected chi connectivity index (χ0v) is 11.8. The molecule has 0 saturated carbocycles. The summed E-state index contributed by atoms with van der Waals surface area (Å²) in [5.41, 5.74) is 1.35. The van der Waals surface area contributed by atoms with Crippen LogP contribution in [-0.4, -0.2) is 49.9 Å².